The normalized spacial score (nSPS) is 17.5. The lowest BCUT2D eigenvalue weighted by molar-refractivity contribution is -0.131. The third-order valence-corrected chi connectivity index (χ3v) is 4.52. The zero-order valence-corrected chi connectivity index (χ0v) is 13.2. The van der Waals surface area contributed by atoms with Crippen molar-refractivity contribution in [1.29, 1.82) is 0 Å². The van der Waals surface area contributed by atoms with Gasteiger partial charge in [-0.15, -0.1) is 0 Å². The summed E-state index contributed by atoms with van der Waals surface area (Å²) in [6.07, 6.45) is 1.81. The zero-order chi connectivity index (χ0) is 16.4. The molecule has 1 heterocycles. The maximum absolute atomic E-state index is 13.4. The summed E-state index contributed by atoms with van der Waals surface area (Å²) in [5.41, 5.74) is 1.41. The molecular weight excluding hydrogens is 320 g/mol. The predicted molar refractivity (Wildman–Crippen MR) is 85.2 cm³/mol. The van der Waals surface area contributed by atoms with Gasteiger partial charge in [0.15, 0.2) is 0 Å². The minimum Gasteiger partial charge on any atom is -0.335 e. The maximum atomic E-state index is 13.4. The topological polar surface area (TPSA) is 20.3 Å². The number of carbonyl (C=O) groups is 1. The molecular formula is C18H16ClF2NO. The Kier molecular flexibility index (Phi) is 4.62. The van der Waals surface area contributed by atoms with E-state index in [1.807, 2.05) is 6.07 Å². The lowest BCUT2D eigenvalue weighted by Gasteiger charge is -2.25. The first kappa shape index (κ1) is 15.9. The average Bonchev–Trinajstić information content (AvgIpc) is 2.99. The summed E-state index contributed by atoms with van der Waals surface area (Å²) in [6, 6.07) is 10.3. The van der Waals surface area contributed by atoms with Crippen molar-refractivity contribution in [1.82, 2.24) is 4.90 Å². The van der Waals surface area contributed by atoms with Crippen molar-refractivity contribution in [2.24, 2.45) is 0 Å². The van der Waals surface area contributed by atoms with Crippen molar-refractivity contribution in [3.05, 3.63) is 70.2 Å². The molecule has 1 fully saturated rings. The van der Waals surface area contributed by atoms with Crippen LogP contribution in [0.15, 0.2) is 42.5 Å². The van der Waals surface area contributed by atoms with Gasteiger partial charge in [0, 0.05) is 11.6 Å². The second-order valence-electron chi connectivity index (χ2n) is 5.71. The summed E-state index contributed by atoms with van der Waals surface area (Å²) in [7, 11) is 0. The van der Waals surface area contributed by atoms with Gasteiger partial charge in [-0.3, -0.25) is 4.79 Å². The SMILES string of the molecule is O=C(Cc1ccc(F)cc1Cl)N1CCCC1c1cccc(F)c1. The molecule has 0 bridgehead atoms. The highest BCUT2D eigenvalue weighted by Gasteiger charge is 2.30. The van der Waals surface area contributed by atoms with Crippen molar-refractivity contribution in [3.8, 4) is 0 Å². The first-order chi connectivity index (χ1) is 11.0. The fourth-order valence-corrected chi connectivity index (χ4v) is 3.29. The Bertz CT molecular complexity index is 735. The van der Waals surface area contributed by atoms with Crippen LogP contribution in [-0.2, 0) is 11.2 Å². The molecule has 23 heavy (non-hydrogen) atoms. The number of halogens is 3. The lowest BCUT2D eigenvalue weighted by atomic mass is 10.0. The first-order valence-electron chi connectivity index (χ1n) is 7.53. The van der Waals surface area contributed by atoms with Crippen molar-refractivity contribution < 1.29 is 13.6 Å². The Morgan fingerprint density at radius 3 is 2.70 bits per heavy atom. The van der Waals surface area contributed by atoms with E-state index in [0.29, 0.717) is 12.1 Å². The molecule has 0 aliphatic carbocycles. The minimum atomic E-state index is -0.426. The number of benzene rings is 2. The van der Waals surface area contributed by atoms with E-state index in [4.69, 9.17) is 11.6 Å². The molecule has 2 aromatic carbocycles. The molecule has 1 atom stereocenters. The highest BCUT2D eigenvalue weighted by molar-refractivity contribution is 6.31. The molecule has 0 N–H and O–H groups in total. The summed E-state index contributed by atoms with van der Waals surface area (Å²) in [5.74, 6) is -0.807. The van der Waals surface area contributed by atoms with Crippen molar-refractivity contribution in [2.45, 2.75) is 25.3 Å². The standard InChI is InChI=1S/C18H16ClF2NO/c19-16-11-15(21)7-6-12(16)10-18(23)22-8-2-5-17(22)13-3-1-4-14(20)9-13/h1,3-4,6-7,9,11,17H,2,5,8,10H2. The highest BCUT2D eigenvalue weighted by atomic mass is 35.5. The van der Waals surface area contributed by atoms with Crippen LogP contribution < -0.4 is 0 Å². The monoisotopic (exact) mass is 335 g/mol. The Morgan fingerprint density at radius 2 is 1.96 bits per heavy atom. The minimum absolute atomic E-state index is 0.0785. The van der Waals surface area contributed by atoms with Gasteiger partial charge < -0.3 is 4.90 Å². The van der Waals surface area contributed by atoms with Crippen molar-refractivity contribution >= 4 is 17.5 Å². The summed E-state index contributed by atoms with van der Waals surface area (Å²) in [6.45, 7) is 0.638. The van der Waals surface area contributed by atoms with Gasteiger partial charge in [-0.25, -0.2) is 8.78 Å². The van der Waals surface area contributed by atoms with Crippen LogP contribution in [0.25, 0.3) is 0 Å². The molecule has 1 aliphatic heterocycles. The lowest BCUT2D eigenvalue weighted by Crippen LogP contribution is -2.32. The predicted octanol–water partition coefficient (Wildman–Crippen LogP) is 4.52. The van der Waals surface area contributed by atoms with E-state index in [-0.39, 0.29) is 29.2 Å². The van der Waals surface area contributed by atoms with E-state index in [1.165, 1.54) is 30.3 Å². The summed E-state index contributed by atoms with van der Waals surface area (Å²) < 4.78 is 26.5. The first-order valence-corrected chi connectivity index (χ1v) is 7.91. The van der Waals surface area contributed by atoms with E-state index in [0.717, 1.165) is 18.4 Å². The molecule has 0 radical (unpaired) electrons. The third-order valence-electron chi connectivity index (χ3n) is 4.16. The average molecular weight is 336 g/mol. The van der Waals surface area contributed by atoms with Gasteiger partial charge in [0.25, 0.3) is 0 Å². The van der Waals surface area contributed by atoms with Gasteiger partial charge in [-0.05, 0) is 48.2 Å². The number of likely N-dealkylation sites (tertiary alicyclic amines) is 1. The molecule has 0 aromatic heterocycles. The molecule has 0 spiro atoms. The van der Waals surface area contributed by atoms with Crippen molar-refractivity contribution in [3.63, 3.8) is 0 Å². The summed E-state index contributed by atoms with van der Waals surface area (Å²) >= 11 is 5.99. The van der Waals surface area contributed by atoms with Crippen LogP contribution in [0.4, 0.5) is 8.78 Å². The molecule has 5 heteroatoms. The molecule has 1 unspecified atom stereocenters. The van der Waals surface area contributed by atoms with Crippen LogP contribution in [0.5, 0.6) is 0 Å². The van der Waals surface area contributed by atoms with E-state index >= 15 is 0 Å². The molecule has 3 rings (SSSR count). The Labute approximate surface area is 138 Å². The van der Waals surface area contributed by atoms with Gasteiger partial charge in [-0.2, -0.15) is 0 Å². The number of carbonyl (C=O) groups excluding carboxylic acids is 1. The van der Waals surface area contributed by atoms with E-state index in [2.05, 4.69) is 0 Å². The van der Waals surface area contributed by atoms with Crippen LogP contribution in [-0.4, -0.2) is 17.4 Å². The van der Waals surface area contributed by atoms with Crippen LogP contribution in [0.3, 0.4) is 0 Å². The van der Waals surface area contributed by atoms with Gasteiger partial charge >= 0.3 is 0 Å². The fourth-order valence-electron chi connectivity index (χ4n) is 3.06. The number of rotatable bonds is 3. The Balaban J connectivity index is 1.78. The molecule has 0 saturated carbocycles. The zero-order valence-electron chi connectivity index (χ0n) is 12.4. The second-order valence-corrected chi connectivity index (χ2v) is 6.12. The molecule has 1 amide bonds. The second kappa shape index (κ2) is 6.67. The van der Waals surface area contributed by atoms with Crippen LogP contribution in [0.1, 0.15) is 30.0 Å². The Hall–Kier alpha value is -1.94. The highest BCUT2D eigenvalue weighted by Crippen LogP contribution is 2.33. The molecule has 120 valence electrons. The maximum Gasteiger partial charge on any atom is 0.227 e. The third kappa shape index (κ3) is 3.53. The van der Waals surface area contributed by atoms with Crippen LogP contribution >= 0.6 is 11.6 Å². The largest absolute Gasteiger partial charge is 0.335 e. The van der Waals surface area contributed by atoms with Gasteiger partial charge in [0.2, 0.25) is 5.91 Å². The van der Waals surface area contributed by atoms with Crippen LogP contribution in [0.2, 0.25) is 5.02 Å². The quantitative estimate of drug-likeness (QED) is 0.807. The van der Waals surface area contributed by atoms with E-state index in [1.54, 1.807) is 11.0 Å². The number of nitrogens with zero attached hydrogens (tertiary/aromatic N) is 1. The Morgan fingerprint density at radius 1 is 1.17 bits per heavy atom. The van der Waals surface area contributed by atoms with Crippen LogP contribution in [0, 0.1) is 11.6 Å². The molecule has 1 saturated heterocycles. The molecule has 2 aromatic rings. The van der Waals surface area contributed by atoms with E-state index < -0.39 is 5.82 Å². The number of amides is 1. The number of hydrogen-bond acceptors (Lipinski definition) is 1. The van der Waals surface area contributed by atoms with Gasteiger partial charge in [0.05, 0.1) is 12.5 Å². The van der Waals surface area contributed by atoms with Gasteiger partial charge in [-0.1, -0.05) is 29.8 Å². The summed E-state index contributed by atoms with van der Waals surface area (Å²) in [5, 5.41) is 0.250. The molecule has 1 aliphatic rings. The van der Waals surface area contributed by atoms with Gasteiger partial charge in [0.1, 0.15) is 11.6 Å². The summed E-state index contributed by atoms with van der Waals surface area (Å²) in [4.78, 5) is 14.4. The fraction of sp³-hybridized carbons (Fsp3) is 0.278. The molecule has 2 nitrogen and oxygen atoms in total. The van der Waals surface area contributed by atoms with E-state index in [9.17, 15) is 13.6 Å². The smallest absolute Gasteiger partial charge is 0.227 e. The number of hydrogen-bond donors (Lipinski definition) is 0. The van der Waals surface area contributed by atoms with Crippen molar-refractivity contribution in [2.75, 3.05) is 6.54 Å².